The summed E-state index contributed by atoms with van der Waals surface area (Å²) >= 11 is 1.42. The second-order valence-electron chi connectivity index (χ2n) is 6.53. The lowest BCUT2D eigenvalue weighted by Gasteiger charge is -2.05. The first-order valence-corrected chi connectivity index (χ1v) is 10.1. The van der Waals surface area contributed by atoms with E-state index in [9.17, 15) is 4.79 Å². The molecule has 0 aliphatic heterocycles. The number of thioether (sulfide) groups is 1. The van der Waals surface area contributed by atoms with E-state index in [1.54, 1.807) is 6.21 Å². The van der Waals surface area contributed by atoms with Gasteiger partial charge in [0.15, 0.2) is 5.16 Å². The van der Waals surface area contributed by atoms with Crippen molar-refractivity contribution in [1.29, 1.82) is 0 Å². The zero-order valence-corrected chi connectivity index (χ0v) is 16.7. The van der Waals surface area contributed by atoms with Gasteiger partial charge in [-0.15, -0.1) is 0 Å². The zero-order chi connectivity index (χ0) is 19.2. The number of fused-ring (bicyclic) bond motifs is 1. The van der Waals surface area contributed by atoms with Gasteiger partial charge in [0, 0.05) is 6.54 Å². The summed E-state index contributed by atoms with van der Waals surface area (Å²) in [5, 5.41) is 4.90. The Morgan fingerprint density at radius 1 is 1.22 bits per heavy atom. The van der Waals surface area contributed by atoms with Gasteiger partial charge in [-0.05, 0) is 36.1 Å². The molecule has 1 aromatic heterocycles. The summed E-state index contributed by atoms with van der Waals surface area (Å²) in [5.41, 5.74) is 6.86. The van der Waals surface area contributed by atoms with E-state index in [1.807, 2.05) is 36.4 Å². The number of amides is 1. The van der Waals surface area contributed by atoms with Crippen molar-refractivity contribution in [1.82, 2.24) is 15.0 Å². The molecule has 3 aromatic rings. The quantitative estimate of drug-likeness (QED) is 0.375. The fourth-order valence-electron chi connectivity index (χ4n) is 2.78. The summed E-state index contributed by atoms with van der Waals surface area (Å²) in [4.78, 5) is 16.7. The van der Waals surface area contributed by atoms with Gasteiger partial charge in [0.25, 0.3) is 5.91 Å². The summed E-state index contributed by atoms with van der Waals surface area (Å²) in [6, 6.07) is 16.2. The largest absolute Gasteiger partial charge is 0.319 e. The molecule has 140 valence electrons. The molecule has 0 saturated carbocycles. The van der Waals surface area contributed by atoms with E-state index in [0.717, 1.165) is 28.3 Å². The minimum Gasteiger partial charge on any atom is -0.319 e. The maximum atomic E-state index is 12.1. The topological polar surface area (TPSA) is 59.3 Å². The molecular formula is C21H24N4OS. The highest BCUT2D eigenvalue weighted by Gasteiger charge is 2.11. The van der Waals surface area contributed by atoms with Crippen LogP contribution in [0, 0.1) is 0 Å². The first-order valence-electron chi connectivity index (χ1n) is 9.08. The van der Waals surface area contributed by atoms with Crippen molar-refractivity contribution < 1.29 is 4.79 Å². The Hall–Kier alpha value is -2.60. The van der Waals surface area contributed by atoms with Crippen LogP contribution < -0.4 is 5.43 Å². The van der Waals surface area contributed by atoms with Crippen LogP contribution in [-0.4, -0.2) is 27.4 Å². The first kappa shape index (κ1) is 19.2. The van der Waals surface area contributed by atoms with Crippen LogP contribution in [0.5, 0.6) is 0 Å². The number of aromatic nitrogens is 2. The van der Waals surface area contributed by atoms with Gasteiger partial charge in [-0.25, -0.2) is 10.4 Å². The second kappa shape index (κ2) is 8.86. The van der Waals surface area contributed by atoms with Gasteiger partial charge in [0.1, 0.15) is 0 Å². The zero-order valence-electron chi connectivity index (χ0n) is 15.8. The number of hydrogen-bond acceptors (Lipinski definition) is 4. The number of nitrogens with zero attached hydrogens (tertiary/aromatic N) is 3. The highest BCUT2D eigenvalue weighted by atomic mass is 32.2. The SMILES string of the molecule is CCn1c(SCC(=O)NN=Cc2ccc(C(C)C)cc2)nc2ccccc21. The lowest BCUT2D eigenvalue weighted by molar-refractivity contribution is -0.118. The Kier molecular flexibility index (Phi) is 6.29. The Bertz CT molecular complexity index is 944. The number of imidazole rings is 1. The van der Waals surface area contributed by atoms with Gasteiger partial charge in [-0.3, -0.25) is 4.79 Å². The Labute approximate surface area is 163 Å². The molecule has 0 fully saturated rings. The lowest BCUT2D eigenvalue weighted by atomic mass is 10.0. The number of benzene rings is 2. The fourth-order valence-corrected chi connectivity index (χ4v) is 3.65. The molecule has 0 unspecified atom stereocenters. The summed E-state index contributed by atoms with van der Waals surface area (Å²) in [7, 11) is 0. The maximum Gasteiger partial charge on any atom is 0.250 e. The van der Waals surface area contributed by atoms with Crippen molar-refractivity contribution in [3.63, 3.8) is 0 Å². The van der Waals surface area contributed by atoms with Gasteiger partial charge in [-0.1, -0.05) is 62.0 Å². The number of aryl methyl sites for hydroxylation is 1. The highest BCUT2D eigenvalue weighted by molar-refractivity contribution is 7.99. The number of carbonyl (C=O) groups is 1. The lowest BCUT2D eigenvalue weighted by Crippen LogP contribution is -2.20. The minimum absolute atomic E-state index is 0.148. The van der Waals surface area contributed by atoms with E-state index in [-0.39, 0.29) is 11.7 Å². The van der Waals surface area contributed by atoms with Crippen LogP contribution in [-0.2, 0) is 11.3 Å². The summed E-state index contributed by atoms with van der Waals surface area (Å²) < 4.78 is 2.12. The Morgan fingerprint density at radius 3 is 2.67 bits per heavy atom. The molecule has 0 radical (unpaired) electrons. The number of para-hydroxylation sites is 2. The molecule has 6 heteroatoms. The van der Waals surface area contributed by atoms with Crippen molar-refractivity contribution in [3.8, 4) is 0 Å². The molecular weight excluding hydrogens is 356 g/mol. The number of nitrogens with one attached hydrogen (secondary N) is 1. The molecule has 27 heavy (non-hydrogen) atoms. The third-order valence-corrected chi connectivity index (χ3v) is 5.25. The molecule has 0 spiro atoms. The molecule has 1 N–H and O–H groups in total. The number of rotatable bonds is 7. The molecule has 0 aliphatic carbocycles. The van der Waals surface area contributed by atoms with Gasteiger partial charge in [-0.2, -0.15) is 5.10 Å². The van der Waals surface area contributed by atoms with Crippen molar-refractivity contribution in [2.75, 3.05) is 5.75 Å². The predicted octanol–water partition coefficient (Wildman–Crippen LogP) is 4.42. The molecule has 0 saturated heterocycles. The standard InChI is InChI=1S/C21H24N4OS/c1-4-25-19-8-6-5-7-18(19)23-21(25)27-14-20(26)24-22-13-16-9-11-17(12-10-16)15(2)3/h5-13,15H,4,14H2,1-3H3,(H,24,26). The van der Waals surface area contributed by atoms with Crippen molar-refractivity contribution in [2.24, 2.45) is 5.10 Å². The predicted molar refractivity (Wildman–Crippen MR) is 112 cm³/mol. The molecule has 0 aliphatic rings. The number of hydrogen-bond donors (Lipinski definition) is 1. The van der Waals surface area contributed by atoms with Crippen LogP contribution in [0.4, 0.5) is 0 Å². The van der Waals surface area contributed by atoms with Gasteiger partial charge in [0.05, 0.1) is 23.0 Å². The number of carbonyl (C=O) groups excluding carboxylic acids is 1. The normalized spacial score (nSPS) is 11.6. The molecule has 1 heterocycles. The fraction of sp³-hybridized carbons (Fsp3) is 0.286. The van der Waals surface area contributed by atoms with Gasteiger partial charge >= 0.3 is 0 Å². The molecule has 0 bridgehead atoms. The van der Waals surface area contributed by atoms with Crippen LogP contribution >= 0.6 is 11.8 Å². The van der Waals surface area contributed by atoms with E-state index in [1.165, 1.54) is 17.3 Å². The van der Waals surface area contributed by atoms with Gasteiger partial charge in [0.2, 0.25) is 0 Å². The van der Waals surface area contributed by atoms with Crippen LogP contribution in [0.25, 0.3) is 11.0 Å². The number of hydrazone groups is 1. The first-order chi connectivity index (χ1) is 13.1. The molecule has 5 nitrogen and oxygen atoms in total. The van der Waals surface area contributed by atoms with E-state index < -0.39 is 0 Å². The summed E-state index contributed by atoms with van der Waals surface area (Å²) in [6.07, 6.45) is 1.66. The highest BCUT2D eigenvalue weighted by Crippen LogP contribution is 2.23. The average Bonchev–Trinajstić information content (AvgIpc) is 3.04. The molecule has 1 amide bonds. The monoisotopic (exact) mass is 380 g/mol. The maximum absolute atomic E-state index is 12.1. The van der Waals surface area contributed by atoms with E-state index >= 15 is 0 Å². The second-order valence-corrected chi connectivity index (χ2v) is 7.47. The molecule has 2 aromatic carbocycles. The Balaban J connectivity index is 1.55. The average molecular weight is 381 g/mol. The third-order valence-electron chi connectivity index (χ3n) is 4.27. The Morgan fingerprint density at radius 2 is 1.96 bits per heavy atom. The van der Waals surface area contributed by atoms with Crippen LogP contribution in [0.3, 0.4) is 0 Å². The van der Waals surface area contributed by atoms with Crippen LogP contribution in [0.2, 0.25) is 0 Å². The van der Waals surface area contributed by atoms with Crippen molar-refractivity contribution >= 4 is 34.9 Å². The van der Waals surface area contributed by atoms with Gasteiger partial charge < -0.3 is 4.57 Å². The van der Waals surface area contributed by atoms with E-state index in [0.29, 0.717) is 5.92 Å². The summed E-state index contributed by atoms with van der Waals surface area (Å²) in [5.74, 6) is 0.622. The van der Waals surface area contributed by atoms with E-state index in [2.05, 4.69) is 53.0 Å². The third kappa shape index (κ3) is 4.77. The molecule has 0 atom stereocenters. The van der Waals surface area contributed by atoms with Crippen molar-refractivity contribution in [3.05, 3.63) is 59.7 Å². The smallest absolute Gasteiger partial charge is 0.250 e. The van der Waals surface area contributed by atoms with Crippen LogP contribution in [0.15, 0.2) is 58.8 Å². The van der Waals surface area contributed by atoms with E-state index in [4.69, 9.17) is 0 Å². The van der Waals surface area contributed by atoms with Crippen molar-refractivity contribution in [2.45, 2.75) is 38.4 Å². The minimum atomic E-state index is -0.148. The molecule has 3 rings (SSSR count). The van der Waals surface area contributed by atoms with Crippen LogP contribution in [0.1, 0.15) is 37.8 Å². The summed E-state index contributed by atoms with van der Waals surface area (Å²) in [6.45, 7) is 7.21.